The summed E-state index contributed by atoms with van der Waals surface area (Å²) in [5.41, 5.74) is 2.30. The fraction of sp³-hybridized carbons (Fsp3) is 0.519. The molecular formula is C27H36N4O4. The van der Waals surface area contributed by atoms with E-state index >= 15 is 0 Å². The summed E-state index contributed by atoms with van der Waals surface area (Å²) in [5.74, 6) is 0.665. The lowest BCUT2D eigenvalue weighted by Gasteiger charge is -2.36. The summed E-state index contributed by atoms with van der Waals surface area (Å²) in [6.07, 6.45) is 5.36. The maximum atomic E-state index is 13.3. The summed E-state index contributed by atoms with van der Waals surface area (Å²) >= 11 is 0. The number of pyridine rings is 1. The topological polar surface area (TPSA) is 84.0 Å². The van der Waals surface area contributed by atoms with Gasteiger partial charge in [0.15, 0.2) is 0 Å². The van der Waals surface area contributed by atoms with Crippen molar-refractivity contribution in [1.29, 1.82) is 0 Å². The van der Waals surface area contributed by atoms with Gasteiger partial charge in [0.05, 0.1) is 11.7 Å². The first-order valence-corrected chi connectivity index (χ1v) is 12.3. The Morgan fingerprint density at radius 2 is 1.91 bits per heavy atom. The van der Waals surface area contributed by atoms with E-state index in [1.807, 2.05) is 24.5 Å². The lowest BCUT2D eigenvalue weighted by Crippen LogP contribution is -2.46. The molecule has 2 aromatic rings. The lowest BCUT2D eigenvalue weighted by atomic mass is 10.0. The molecule has 0 saturated heterocycles. The first-order chi connectivity index (χ1) is 16.9. The first-order valence-electron chi connectivity index (χ1n) is 12.3. The molecule has 1 aliphatic carbocycles. The molecule has 8 nitrogen and oxygen atoms in total. The molecule has 1 aliphatic heterocycles. The third-order valence-corrected chi connectivity index (χ3v) is 6.93. The summed E-state index contributed by atoms with van der Waals surface area (Å²) in [6, 6.07) is 9.41. The first kappa shape index (κ1) is 25.1. The molecule has 8 heteroatoms. The standard InChI is InChI=1S/C27H36N4O4/c1-18-14-31(15-20-9-11-28-12-10-20)19(2)17-35-24-13-22(29-26(32)21-5-6-21)7-8-23(24)27(33)30(3)16-25(18)34-4/h7-13,18-19,21,25H,5-6,14-17H2,1-4H3,(H,29,32)/t18-,19-,25-/m0/s1. The van der Waals surface area contributed by atoms with Crippen molar-refractivity contribution in [3.63, 3.8) is 0 Å². The van der Waals surface area contributed by atoms with Crippen LogP contribution in [0.3, 0.4) is 0 Å². The van der Waals surface area contributed by atoms with E-state index in [-0.39, 0.29) is 35.8 Å². The summed E-state index contributed by atoms with van der Waals surface area (Å²) in [4.78, 5) is 33.8. The summed E-state index contributed by atoms with van der Waals surface area (Å²) in [6.45, 7) is 6.71. The van der Waals surface area contributed by atoms with E-state index in [1.54, 1.807) is 37.3 Å². The van der Waals surface area contributed by atoms with Gasteiger partial charge in [-0.3, -0.25) is 19.5 Å². The minimum Gasteiger partial charge on any atom is -0.491 e. The second-order valence-electron chi connectivity index (χ2n) is 9.86. The summed E-state index contributed by atoms with van der Waals surface area (Å²) < 4.78 is 12.1. The highest BCUT2D eigenvalue weighted by Crippen LogP contribution is 2.32. The number of likely N-dealkylation sites (N-methyl/N-ethyl adjacent to an activating group) is 1. The monoisotopic (exact) mass is 480 g/mol. The maximum Gasteiger partial charge on any atom is 0.257 e. The molecule has 2 heterocycles. The molecule has 35 heavy (non-hydrogen) atoms. The molecule has 1 N–H and O–H groups in total. The highest BCUT2D eigenvalue weighted by molar-refractivity contribution is 5.99. The van der Waals surface area contributed by atoms with E-state index in [0.717, 1.165) is 25.9 Å². The highest BCUT2D eigenvalue weighted by atomic mass is 16.5. The Hall–Kier alpha value is -2.97. The average molecular weight is 481 g/mol. The van der Waals surface area contributed by atoms with Crippen molar-refractivity contribution < 1.29 is 19.1 Å². The number of hydrogen-bond acceptors (Lipinski definition) is 6. The Kier molecular flexibility index (Phi) is 8.03. The fourth-order valence-corrected chi connectivity index (χ4v) is 4.46. The van der Waals surface area contributed by atoms with Crippen LogP contribution in [0.15, 0.2) is 42.7 Å². The van der Waals surface area contributed by atoms with Gasteiger partial charge in [-0.2, -0.15) is 0 Å². The van der Waals surface area contributed by atoms with Gasteiger partial charge in [-0.15, -0.1) is 0 Å². The number of ether oxygens (including phenoxy) is 2. The Labute approximate surface area is 207 Å². The van der Waals surface area contributed by atoms with Gasteiger partial charge >= 0.3 is 0 Å². The van der Waals surface area contributed by atoms with Crippen molar-refractivity contribution in [2.75, 3.05) is 39.2 Å². The average Bonchev–Trinajstić information content (AvgIpc) is 3.71. The van der Waals surface area contributed by atoms with Crippen LogP contribution in [0.1, 0.15) is 42.6 Å². The Balaban J connectivity index is 1.62. The number of carbonyl (C=O) groups excluding carboxylic acids is 2. The Bertz CT molecular complexity index is 1030. The molecular weight excluding hydrogens is 444 g/mol. The van der Waals surface area contributed by atoms with E-state index in [1.165, 1.54) is 5.56 Å². The maximum absolute atomic E-state index is 13.3. The van der Waals surface area contributed by atoms with Crippen LogP contribution in [-0.4, -0.2) is 72.6 Å². The van der Waals surface area contributed by atoms with Crippen LogP contribution in [0.2, 0.25) is 0 Å². The van der Waals surface area contributed by atoms with Crippen molar-refractivity contribution >= 4 is 17.5 Å². The van der Waals surface area contributed by atoms with Crippen LogP contribution >= 0.6 is 0 Å². The van der Waals surface area contributed by atoms with E-state index in [2.05, 4.69) is 29.0 Å². The van der Waals surface area contributed by atoms with Crippen molar-refractivity contribution in [1.82, 2.24) is 14.8 Å². The quantitative estimate of drug-likeness (QED) is 0.706. The molecule has 1 fully saturated rings. The van der Waals surface area contributed by atoms with Crippen LogP contribution in [-0.2, 0) is 16.1 Å². The number of hydrogen-bond donors (Lipinski definition) is 1. The van der Waals surface area contributed by atoms with Crippen LogP contribution in [0.25, 0.3) is 0 Å². The smallest absolute Gasteiger partial charge is 0.257 e. The number of nitrogens with zero attached hydrogens (tertiary/aromatic N) is 3. The van der Waals surface area contributed by atoms with Gasteiger partial charge in [0, 0.05) is 69.9 Å². The predicted octanol–water partition coefficient (Wildman–Crippen LogP) is 3.44. The second kappa shape index (κ2) is 11.2. The van der Waals surface area contributed by atoms with Crippen molar-refractivity contribution in [2.24, 2.45) is 11.8 Å². The van der Waals surface area contributed by atoms with Crippen molar-refractivity contribution in [2.45, 2.75) is 45.4 Å². The van der Waals surface area contributed by atoms with Crippen LogP contribution in [0.5, 0.6) is 5.75 Å². The molecule has 0 spiro atoms. The fourth-order valence-electron chi connectivity index (χ4n) is 4.46. The van der Waals surface area contributed by atoms with E-state index in [0.29, 0.717) is 30.2 Å². The number of aromatic nitrogens is 1. The van der Waals surface area contributed by atoms with Crippen molar-refractivity contribution in [3.05, 3.63) is 53.9 Å². The summed E-state index contributed by atoms with van der Waals surface area (Å²) in [5, 5.41) is 2.96. The molecule has 0 unspecified atom stereocenters. The molecule has 2 aliphatic rings. The van der Waals surface area contributed by atoms with E-state index < -0.39 is 0 Å². The SMILES string of the molecule is CO[C@H]1CN(C)C(=O)c2ccc(NC(=O)C3CC3)cc2OC[C@H](C)N(Cc2ccncc2)C[C@@H]1C. The summed E-state index contributed by atoms with van der Waals surface area (Å²) in [7, 11) is 3.49. The van der Waals surface area contributed by atoms with E-state index in [9.17, 15) is 9.59 Å². The third kappa shape index (κ3) is 6.38. The normalized spacial score (nSPS) is 24.1. The highest BCUT2D eigenvalue weighted by Gasteiger charge is 2.31. The Morgan fingerprint density at radius 1 is 1.17 bits per heavy atom. The molecule has 4 rings (SSSR count). The van der Waals surface area contributed by atoms with Gasteiger partial charge in [0.1, 0.15) is 12.4 Å². The molecule has 0 radical (unpaired) electrons. The van der Waals surface area contributed by atoms with Gasteiger partial charge < -0.3 is 19.7 Å². The Morgan fingerprint density at radius 3 is 2.60 bits per heavy atom. The molecule has 0 bridgehead atoms. The predicted molar refractivity (Wildman–Crippen MR) is 134 cm³/mol. The minimum atomic E-state index is -0.129. The third-order valence-electron chi connectivity index (χ3n) is 6.93. The zero-order chi connectivity index (χ0) is 24.9. The zero-order valence-corrected chi connectivity index (χ0v) is 21.1. The number of methoxy groups -OCH3 is 1. The van der Waals surface area contributed by atoms with Crippen LogP contribution in [0, 0.1) is 11.8 Å². The molecule has 188 valence electrons. The number of fused-ring (bicyclic) bond motifs is 1. The van der Waals surface area contributed by atoms with E-state index in [4.69, 9.17) is 9.47 Å². The van der Waals surface area contributed by atoms with Gasteiger partial charge in [-0.05, 0) is 55.5 Å². The van der Waals surface area contributed by atoms with Gasteiger partial charge in [-0.25, -0.2) is 0 Å². The van der Waals surface area contributed by atoms with Gasteiger partial charge in [0.2, 0.25) is 5.91 Å². The zero-order valence-electron chi connectivity index (χ0n) is 21.1. The molecule has 2 amide bonds. The number of amides is 2. The molecule has 1 saturated carbocycles. The largest absolute Gasteiger partial charge is 0.491 e. The van der Waals surface area contributed by atoms with Gasteiger partial charge in [0.25, 0.3) is 5.91 Å². The van der Waals surface area contributed by atoms with Crippen LogP contribution in [0.4, 0.5) is 5.69 Å². The number of anilines is 1. The lowest BCUT2D eigenvalue weighted by molar-refractivity contribution is -0.117. The van der Waals surface area contributed by atoms with Crippen molar-refractivity contribution in [3.8, 4) is 5.75 Å². The number of carbonyl (C=O) groups is 2. The van der Waals surface area contributed by atoms with Gasteiger partial charge in [-0.1, -0.05) is 6.92 Å². The minimum absolute atomic E-state index is 0.0235. The number of rotatable bonds is 5. The number of nitrogens with one attached hydrogen (secondary N) is 1. The second-order valence-corrected chi connectivity index (χ2v) is 9.86. The number of benzene rings is 1. The molecule has 1 aromatic carbocycles. The van der Waals surface area contributed by atoms with Crippen LogP contribution < -0.4 is 10.1 Å². The molecule has 1 aromatic heterocycles. The molecule has 3 atom stereocenters.